The first-order chi connectivity index (χ1) is 16.6. The van der Waals surface area contributed by atoms with E-state index >= 15 is 0 Å². The number of aromatic nitrogens is 2. The maximum absolute atomic E-state index is 13.2. The van der Waals surface area contributed by atoms with E-state index < -0.39 is 11.2 Å². The molecule has 4 aromatic rings. The van der Waals surface area contributed by atoms with Gasteiger partial charge in [-0.1, -0.05) is 48.5 Å². The second-order valence-electron chi connectivity index (χ2n) is 7.79. The summed E-state index contributed by atoms with van der Waals surface area (Å²) in [5.74, 6) is 1.40. The standard InChI is InChI=1S/C27H27N3O4/c1-21-9-8-10-22(19-21)28-25-20-29(15-17-33-23-11-4-2-5-12-23)27(32)30(26(25)31)16-18-34-24-13-6-3-7-14-24/h2-14,19-20,28H,15-18H2,1H3. The third-order valence-corrected chi connectivity index (χ3v) is 5.21. The molecule has 0 atom stereocenters. The number of benzene rings is 3. The normalized spacial score (nSPS) is 10.6. The molecular formula is C27H27N3O4. The van der Waals surface area contributed by atoms with E-state index in [4.69, 9.17) is 9.47 Å². The third-order valence-electron chi connectivity index (χ3n) is 5.21. The van der Waals surface area contributed by atoms with Crippen molar-refractivity contribution in [3.05, 3.63) is 118 Å². The Balaban J connectivity index is 1.57. The van der Waals surface area contributed by atoms with Crippen LogP contribution in [0.3, 0.4) is 0 Å². The molecule has 0 saturated carbocycles. The van der Waals surface area contributed by atoms with Crippen LogP contribution in [0.2, 0.25) is 0 Å². The van der Waals surface area contributed by atoms with Gasteiger partial charge in [0.15, 0.2) is 0 Å². The van der Waals surface area contributed by atoms with Crippen LogP contribution in [0, 0.1) is 6.92 Å². The predicted octanol–water partition coefficient (Wildman–Crippen LogP) is 4.22. The molecule has 0 unspecified atom stereocenters. The minimum absolute atomic E-state index is 0.120. The maximum Gasteiger partial charge on any atom is 0.331 e. The molecule has 0 spiro atoms. The highest BCUT2D eigenvalue weighted by molar-refractivity contribution is 5.58. The lowest BCUT2D eigenvalue weighted by Crippen LogP contribution is -2.42. The van der Waals surface area contributed by atoms with E-state index in [0.717, 1.165) is 17.0 Å². The SMILES string of the molecule is Cc1cccc(Nc2cn(CCOc3ccccc3)c(=O)n(CCOc3ccccc3)c2=O)c1. The van der Waals surface area contributed by atoms with Crippen LogP contribution >= 0.6 is 0 Å². The molecular weight excluding hydrogens is 430 g/mol. The molecule has 4 rings (SSSR count). The molecule has 3 aromatic carbocycles. The van der Waals surface area contributed by atoms with Crippen molar-refractivity contribution in [1.82, 2.24) is 9.13 Å². The number of para-hydroxylation sites is 2. The van der Waals surface area contributed by atoms with Crippen LogP contribution in [-0.4, -0.2) is 22.3 Å². The van der Waals surface area contributed by atoms with Gasteiger partial charge in [0.25, 0.3) is 5.56 Å². The summed E-state index contributed by atoms with van der Waals surface area (Å²) in [5, 5.41) is 3.16. The van der Waals surface area contributed by atoms with Crippen LogP contribution < -0.4 is 26.0 Å². The maximum atomic E-state index is 13.2. The quantitative estimate of drug-likeness (QED) is 0.386. The third kappa shape index (κ3) is 5.95. The summed E-state index contributed by atoms with van der Waals surface area (Å²) in [7, 11) is 0. The molecule has 1 aromatic heterocycles. The number of aryl methyl sites for hydroxylation is 1. The second kappa shape index (κ2) is 11.0. The Morgan fingerprint density at radius 1 is 0.765 bits per heavy atom. The van der Waals surface area contributed by atoms with Crippen LogP contribution in [-0.2, 0) is 13.1 Å². The average molecular weight is 458 g/mol. The zero-order valence-electron chi connectivity index (χ0n) is 19.0. The fraction of sp³-hybridized carbons (Fsp3) is 0.185. The summed E-state index contributed by atoms with van der Waals surface area (Å²) in [5.41, 5.74) is 1.34. The highest BCUT2D eigenvalue weighted by atomic mass is 16.5. The van der Waals surface area contributed by atoms with Gasteiger partial charge in [-0.2, -0.15) is 0 Å². The van der Waals surface area contributed by atoms with Crippen LogP contribution in [0.5, 0.6) is 11.5 Å². The van der Waals surface area contributed by atoms with Crippen LogP contribution in [0.4, 0.5) is 11.4 Å². The van der Waals surface area contributed by atoms with Crippen molar-refractivity contribution in [1.29, 1.82) is 0 Å². The van der Waals surface area contributed by atoms with Gasteiger partial charge in [-0.05, 0) is 48.9 Å². The van der Waals surface area contributed by atoms with E-state index in [1.165, 1.54) is 9.13 Å². The first-order valence-corrected chi connectivity index (χ1v) is 11.1. The Morgan fingerprint density at radius 2 is 1.38 bits per heavy atom. The van der Waals surface area contributed by atoms with Gasteiger partial charge in [-0.15, -0.1) is 0 Å². The molecule has 0 radical (unpaired) electrons. The Morgan fingerprint density at radius 3 is 2.00 bits per heavy atom. The van der Waals surface area contributed by atoms with Gasteiger partial charge in [0.2, 0.25) is 0 Å². The number of hydrogen-bond acceptors (Lipinski definition) is 5. The first-order valence-electron chi connectivity index (χ1n) is 11.1. The topological polar surface area (TPSA) is 74.5 Å². The molecule has 7 nitrogen and oxygen atoms in total. The number of nitrogens with one attached hydrogen (secondary N) is 1. The van der Waals surface area contributed by atoms with Gasteiger partial charge in [0.1, 0.15) is 30.4 Å². The molecule has 0 fully saturated rings. The molecule has 34 heavy (non-hydrogen) atoms. The molecule has 0 bridgehead atoms. The number of ether oxygens (including phenoxy) is 2. The summed E-state index contributed by atoms with van der Waals surface area (Å²) < 4.78 is 14.2. The number of anilines is 2. The molecule has 0 aliphatic rings. The van der Waals surface area contributed by atoms with E-state index in [0.29, 0.717) is 11.4 Å². The van der Waals surface area contributed by atoms with Gasteiger partial charge in [0.05, 0.1) is 13.1 Å². The number of nitrogens with zero attached hydrogens (tertiary/aromatic N) is 2. The minimum Gasteiger partial charge on any atom is -0.492 e. The smallest absolute Gasteiger partial charge is 0.331 e. The highest BCUT2D eigenvalue weighted by Crippen LogP contribution is 2.14. The van der Waals surface area contributed by atoms with Crippen molar-refractivity contribution in [2.24, 2.45) is 0 Å². The zero-order valence-corrected chi connectivity index (χ0v) is 19.0. The Hall–Kier alpha value is -4.26. The van der Waals surface area contributed by atoms with Crippen LogP contribution in [0.25, 0.3) is 0 Å². The second-order valence-corrected chi connectivity index (χ2v) is 7.79. The van der Waals surface area contributed by atoms with Crippen LogP contribution in [0.15, 0.2) is 101 Å². The Labute approximate surface area is 197 Å². The lowest BCUT2D eigenvalue weighted by Gasteiger charge is -2.15. The molecule has 0 aliphatic heterocycles. The van der Waals surface area contributed by atoms with Gasteiger partial charge >= 0.3 is 5.69 Å². The summed E-state index contributed by atoms with van der Waals surface area (Å²) in [4.78, 5) is 26.3. The molecule has 0 aliphatic carbocycles. The molecule has 0 saturated heterocycles. The van der Waals surface area contributed by atoms with Crippen molar-refractivity contribution in [3.8, 4) is 11.5 Å². The predicted molar refractivity (Wildman–Crippen MR) is 133 cm³/mol. The first kappa shape index (κ1) is 22.9. The summed E-state index contributed by atoms with van der Waals surface area (Å²) in [6.45, 7) is 2.86. The number of hydrogen-bond donors (Lipinski definition) is 1. The van der Waals surface area contributed by atoms with Crippen molar-refractivity contribution in [2.75, 3.05) is 18.5 Å². The summed E-state index contributed by atoms with van der Waals surface area (Å²) >= 11 is 0. The minimum atomic E-state index is -0.409. The highest BCUT2D eigenvalue weighted by Gasteiger charge is 2.13. The van der Waals surface area contributed by atoms with Gasteiger partial charge in [0, 0.05) is 11.9 Å². The molecule has 1 heterocycles. The average Bonchev–Trinajstić information content (AvgIpc) is 2.85. The van der Waals surface area contributed by atoms with E-state index in [2.05, 4.69) is 5.32 Å². The van der Waals surface area contributed by atoms with Gasteiger partial charge in [-0.3, -0.25) is 13.9 Å². The van der Waals surface area contributed by atoms with E-state index in [9.17, 15) is 9.59 Å². The van der Waals surface area contributed by atoms with Crippen molar-refractivity contribution < 1.29 is 9.47 Å². The van der Waals surface area contributed by atoms with Crippen molar-refractivity contribution in [2.45, 2.75) is 20.0 Å². The molecule has 7 heteroatoms. The molecule has 0 amide bonds. The molecule has 174 valence electrons. The Kier molecular flexibility index (Phi) is 7.45. The van der Waals surface area contributed by atoms with Crippen molar-refractivity contribution in [3.63, 3.8) is 0 Å². The van der Waals surface area contributed by atoms with E-state index in [1.54, 1.807) is 6.20 Å². The lowest BCUT2D eigenvalue weighted by molar-refractivity contribution is 0.281. The van der Waals surface area contributed by atoms with Gasteiger partial charge in [-0.25, -0.2) is 4.79 Å². The van der Waals surface area contributed by atoms with Crippen molar-refractivity contribution >= 4 is 11.4 Å². The Bertz CT molecular complexity index is 1330. The lowest BCUT2D eigenvalue weighted by atomic mass is 10.2. The van der Waals surface area contributed by atoms with Gasteiger partial charge < -0.3 is 14.8 Å². The number of rotatable bonds is 10. The monoisotopic (exact) mass is 457 g/mol. The van der Waals surface area contributed by atoms with E-state index in [1.807, 2.05) is 91.9 Å². The zero-order chi connectivity index (χ0) is 23.8. The largest absolute Gasteiger partial charge is 0.492 e. The summed E-state index contributed by atoms with van der Waals surface area (Å²) in [6.07, 6.45) is 1.55. The van der Waals surface area contributed by atoms with Crippen LogP contribution in [0.1, 0.15) is 5.56 Å². The summed E-state index contributed by atoms with van der Waals surface area (Å²) in [6, 6.07) is 26.4. The van der Waals surface area contributed by atoms with E-state index in [-0.39, 0.29) is 26.3 Å². The fourth-order valence-electron chi connectivity index (χ4n) is 3.53. The molecule has 1 N–H and O–H groups in total. The fourth-order valence-corrected chi connectivity index (χ4v) is 3.53.